The third kappa shape index (κ3) is 2.11. The van der Waals surface area contributed by atoms with Crippen LogP contribution in [0.15, 0.2) is 6.20 Å². The van der Waals surface area contributed by atoms with Crippen LogP contribution in [-0.4, -0.2) is 28.6 Å². The molecule has 1 aromatic heterocycles. The zero-order valence-corrected chi connectivity index (χ0v) is 8.54. The number of methoxy groups -OCH3 is 1. The minimum Gasteiger partial charge on any atom is -0.464 e. The van der Waals surface area contributed by atoms with Crippen molar-refractivity contribution in [1.82, 2.24) is 9.78 Å². The molecule has 0 aliphatic heterocycles. The number of Topliss-reactive ketones (excluding diaryl/α,β-unsaturated/α-hetero) is 1. The standard InChI is InChI=1S/C8H9ClN2O3/c1-5(12)4-11-7(8(13)14-2)6(9)3-10-11/h3H,4H2,1-2H3. The SMILES string of the molecule is COC(=O)c1c(Cl)cnn1CC(C)=O. The Morgan fingerprint density at radius 2 is 2.29 bits per heavy atom. The van der Waals surface area contributed by atoms with Crippen LogP contribution < -0.4 is 0 Å². The minimum atomic E-state index is -0.603. The number of carbonyl (C=O) groups excluding carboxylic acids is 2. The quantitative estimate of drug-likeness (QED) is 0.705. The smallest absolute Gasteiger partial charge is 0.357 e. The zero-order chi connectivity index (χ0) is 10.7. The van der Waals surface area contributed by atoms with Crippen molar-refractivity contribution in [3.8, 4) is 0 Å². The number of ketones is 1. The topological polar surface area (TPSA) is 61.2 Å². The molecular weight excluding hydrogens is 208 g/mol. The van der Waals surface area contributed by atoms with Gasteiger partial charge in [0.05, 0.1) is 18.3 Å². The number of nitrogens with zero attached hydrogens (tertiary/aromatic N) is 2. The van der Waals surface area contributed by atoms with Crippen molar-refractivity contribution in [2.24, 2.45) is 0 Å². The van der Waals surface area contributed by atoms with Gasteiger partial charge < -0.3 is 4.74 Å². The summed E-state index contributed by atoms with van der Waals surface area (Å²) in [6, 6.07) is 0. The van der Waals surface area contributed by atoms with E-state index in [-0.39, 0.29) is 23.0 Å². The lowest BCUT2D eigenvalue weighted by molar-refractivity contribution is -0.117. The highest BCUT2D eigenvalue weighted by molar-refractivity contribution is 6.33. The summed E-state index contributed by atoms with van der Waals surface area (Å²) in [7, 11) is 1.24. The molecule has 0 amide bonds. The van der Waals surface area contributed by atoms with E-state index in [2.05, 4.69) is 9.84 Å². The van der Waals surface area contributed by atoms with Gasteiger partial charge in [-0.1, -0.05) is 11.6 Å². The number of esters is 1. The average Bonchev–Trinajstić information content (AvgIpc) is 2.45. The fourth-order valence-electron chi connectivity index (χ4n) is 0.993. The van der Waals surface area contributed by atoms with Crippen molar-refractivity contribution in [1.29, 1.82) is 0 Å². The van der Waals surface area contributed by atoms with Gasteiger partial charge in [-0.05, 0) is 6.92 Å². The van der Waals surface area contributed by atoms with Crippen molar-refractivity contribution in [2.75, 3.05) is 7.11 Å². The molecule has 1 heterocycles. The summed E-state index contributed by atoms with van der Waals surface area (Å²) in [5.41, 5.74) is 0.101. The first-order chi connectivity index (χ1) is 6.56. The number of rotatable bonds is 3. The van der Waals surface area contributed by atoms with E-state index in [4.69, 9.17) is 11.6 Å². The number of hydrogen-bond acceptors (Lipinski definition) is 4. The van der Waals surface area contributed by atoms with Crippen LogP contribution in [0.3, 0.4) is 0 Å². The van der Waals surface area contributed by atoms with Crippen LogP contribution in [-0.2, 0) is 16.1 Å². The van der Waals surface area contributed by atoms with E-state index < -0.39 is 5.97 Å². The monoisotopic (exact) mass is 216 g/mol. The van der Waals surface area contributed by atoms with Gasteiger partial charge in [0.2, 0.25) is 0 Å². The fourth-order valence-corrected chi connectivity index (χ4v) is 1.21. The van der Waals surface area contributed by atoms with Crippen molar-refractivity contribution >= 4 is 23.4 Å². The van der Waals surface area contributed by atoms with Crippen LogP contribution >= 0.6 is 11.6 Å². The molecule has 0 saturated carbocycles. The molecule has 6 heteroatoms. The summed E-state index contributed by atoms with van der Waals surface area (Å²) in [6.07, 6.45) is 1.30. The number of hydrogen-bond donors (Lipinski definition) is 0. The Morgan fingerprint density at radius 1 is 1.64 bits per heavy atom. The molecular formula is C8H9ClN2O3. The van der Waals surface area contributed by atoms with Crippen LogP contribution in [0, 0.1) is 0 Å². The molecule has 0 unspecified atom stereocenters. The summed E-state index contributed by atoms with van der Waals surface area (Å²) in [6.45, 7) is 1.41. The minimum absolute atomic E-state index is 0.0111. The molecule has 0 aliphatic rings. The van der Waals surface area contributed by atoms with Gasteiger partial charge in [0.25, 0.3) is 0 Å². The summed E-state index contributed by atoms with van der Waals surface area (Å²) in [4.78, 5) is 22.0. The van der Waals surface area contributed by atoms with Crippen LogP contribution in [0.5, 0.6) is 0 Å². The van der Waals surface area contributed by atoms with Gasteiger partial charge >= 0.3 is 5.97 Å². The lowest BCUT2D eigenvalue weighted by atomic mass is 10.4. The normalized spacial score (nSPS) is 9.93. The van der Waals surface area contributed by atoms with Crippen LogP contribution in [0.4, 0.5) is 0 Å². The first-order valence-corrected chi connectivity index (χ1v) is 4.23. The molecule has 0 atom stereocenters. The average molecular weight is 217 g/mol. The van der Waals surface area contributed by atoms with Gasteiger partial charge in [0, 0.05) is 0 Å². The van der Waals surface area contributed by atoms with Crippen molar-refractivity contribution in [2.45, 2.75) is 13.5 Å². The molecule has 0 radical (unpaired) electrons. The zero-order valence-electron chi connectivity index (χ0n) is 7.78. The van der Waals surface area contributed by atoms with E-state index in [1.54, 1.807) is 0 Å². The Labute approximate surface area is 85.6 Å². The second kappa shape index (κ2) is 4.23. The highest BCUT2D eigenvalue weighted by Gasteiger charge is 2.18. The van der Waals surface area contributed by atoms with Crippen LogP contribution in [0.1, 0.15) is 17.4 Å². The van der Waals surface area contributed by atoms with Gasteiger partial charge in [0.1, 0.15) is 6.54 Å². The fraction of sp³-hybridized carbons (Fsp3) is 0.375. The molecule has 0 aliphatic carbocycles. The van der Waals surface area contributed by atoms with Gasteiger partial charge in [0.15, 0.2) is 11.5 Å². The first kappa shape index (κ1) is 10.7. The summed E-state index contributed by atoms with van der Waals surface area (Å²) >= 11 is 5.71. The van der Waals surface area contributed by atoms with E-state index in [0.717, 1.165) is 0 Å². The molecule has 76 valence electrons. The molecule has 1 rings (SSSR count). The maximum atomic E-state index is 11.2. The second-order valence-corrected chi connectivity index (χ2v) is 3.10. The van der Waals surface area contributed by atoms with E-state index in [1.807, 2.05) is 0 Å². The lowest BCUT2D eigenvalue weighted by Gasteiger charge is -2.03. The summed E-state index contributed by atoms with van der Waals surface area (Å²) in [5, 5.41) is 3.97. The molecule has 5 nitrogen and oxygen atoms in total. The Kier molecular flexibility index (Phi) is 3.24. The third-order valence-electron chi connectivity index (χ3n) is 1.55. The molecule has 0 bridgehead atoms. The molecule has 0 fully saturated rings. The Morgan fingerprint density at radius 3 is 2.79 bits per heavy atom. The Bertz CT molecular complexity index is 373. The van der Waals surface area contributed by atoms with E-state index >= 15 is 0 Å². The second-order valence-electron chi connectivity index (χ2n) is 2.69. The van der Waals surface area contributed by atoms with E-state index in [0.29, 0.717) is 0 Å². The molecule has 0 N–H and O–H groups in total. The first-order valence-electron chi connectivity index (χ1n) is 3.85. The molecule has 0 saturated heterocycles. The Hall–Kier alpha value is -1.36. The van der Waals surface area contributed by atoms with Crippen molar-refractivity contribution in [3.63, 3.8) is 0 Å². The summed E-state index contributed by atoms with van der Waals surface area (Å²) < 4.78 is 5.72. The van der Waals surface area contributed by atoms with Gasteiger partial charge in [-0.2, -0.15) is 5.10 Å². The van der Waals surface area contributed by atoms with Crippen molar-refractivity contribution < 1.29 is 14.3 Å². The number of halogens is 1. The van der Waals surface area contributed by atoms with Gasteiger partial charge in [-0.25, -0.2) is 9.48 Å². The van der Waals surface area contributed by atoms with Crippen LogP contribution in [0.25, 0.3) is 0 Å². The number of carbonyl (C=O) groups is 2. The maximum Gasteiger partial charge on any atom is 0.357 e. The van der Waals surface area contributed by atoms with Crippen molar-refractivity contribution in [3.05, 3.63) is 16.9 Å². The number of ether oxygens (including phenoxy) is 1. The summed E-state index contributed by atoms with van der Waals surface area (Å²) in [5.74, 6) is -0.719. The third-order valence-corrected chi connectivity index (χ3v) is 1.82. The lowest BCUT2D eigenvalue weighted by Crippen LogP contribution is -2.16. The largest absolute Gasteiger partial charge is 0.464 e. The predicted octanol–water partition coefficient (Wildman–Crippen LogP) is 0.912. The van der Waals surface area contributed by atoms with Gasteiger partial charge in [-0.15, -0.1) is 0 Å². The molecule has 1 aromatic rings. The highest BCUT2D eigenvalue weighted by atomic mass is 35.5. The van der Waals surface area contributed by atoms with E-state index in [1.165, 1.54) is 24.9 Å². The number of aromatic nitrogens is 2. The van der Waals surface area contributed by atoms with E-state index in [9.17, 15) is 9.59 Å². The molecule has 0 aromatic carbocycles. The van der Waals surface area contributed by atoms with Crippen LogP contribution in [0.2, 0.25) is 5.02 Å². The Balaban J connectivity index is 3.05. The molecule has 0 spiro atoms. The van der Waals surface area contributed by atoms with Gasteiger partial charge in [-0.3, -0.25) is 4.79 Å². The molecule has 14 heavy (non-hydrogen) atoms. The highest BCUT2D eigenvalue weighted by Crippen LogP contribution is 2.15. The predicted molar refractivity (Wildman–Crippen MR) is 49.3 cm³/mol. The maximum absolute atomic E-state index is 11.2.